The quantitative estimate of drug-likeness (QED) is 0.825. The van der Waals surface area contributed by atoms with Crippen molar-refractivity contribution < 1.29 is 9.53 Å². The number of aromatic nitrogens is 2. The molecule has 122 valence electrons. The van der Waals surface area contributed by atoms with E-state index >= 15 is 0 Å². The Bertz CT molecular complexity index is 536. The van der Waals surface area contributed by atoms with E-state index in [1.807, 2.05) is 6.20 Å². The first-order chi connectivity index (χ1) is 10.6. The van der Waals surface area contributed by atoms with E-state index in [9.17, 15) is 4.79 Å². The van der Waals surface area contributed by atoms with E-state index in [4.69, 9.17) is 4.74 Å². The van der Waals surface area contributed by atoms with Crippen LogP contribution in [0.2, 0.25) is 0 Å². The summed E-state index contributed by atoms with van der Waals surface area (Å²) < 4.78 is 7.81. The Kier molecular flexibility index (Phi) is 4.49. The third kappa shape index (κ3) is 2.90. The molecule has 1 unspecified atom stereocenters. The molecule has 1 aliphatic heterocycles. The topological polar surface area (TPSA) is 50.6 Å². The van der Waals surface area contributed by atoms with Crippen molar-refractivity contribution in [2.24, 2.45) is 0 Å². The number of ether oxygens (including phenoxy) is 1. The van der Waals surface area contributed by atoms with E-state index < -0.39 is 0 Å². The second-order valence-corrected chi connectivity index (χ2v) is 6.54. The number of imidazole rings is 1. The third-order valence-electron chi connectivity index (χ3n) is 4.94. The lowest BCUT2D eigenvalue weighted by atomic mass is 9.90. The first-order valence-electron chi connectivity index (χ1n) is 8.16. The molecule has 0 bridgehead atoms. The highest BCUT2D eigenvalue weighted by Crippen LogP contribution is 2.34. The number of hydrogen-bond acceptors (Lipinski definition) is 4. The van der Waals surface area contributed by atoms with Crippen molar-refractivity contribution in [3.8, 4) is 0 Å². The molecule has 1 saturated carbocycles. The molecule has 0 N–H and O–H groups in total. The summed E-state index contributed by atoms with van der Waals surface area (Å²) in [4.78, 5) is 20.3. The van der Waals surface area contributed by atoms with Crippen molar-refractivity contribution in [1.82, 2.24) is 19.4 Å². The van der Waals surface area contributed by atoms with Gasteiger partial charge in [-0.2, -0.15) is 0 Å². The van der Waals surface area contributed by atoms with Crippen LogP contribution in [0.4, 0.5) is 0 Å². The van der Waals surface area contributed by atoms with Crippen LogP contribution < -0.4 is 0 Å². The van der Waals surface area contributed by atoms with Crippen molar-refractivity contribution in [2.75, 3.05) is 27.2 Å². The monoisotopic (exact) mass is 306 g/mol. The van der Waals surface area contributed by atoms with Crippen molar-refractivity contribution in [3.63, 3.8) is 0 Å². The van der Waals surface area contributed by atoms with E-state index in [0.29, 0.717) is 12.6 Å². The third-order valence-corrected chi connectivity index (χ3v) is 4.94. The minimum Gasteiger partial charge on any atom is -0.365 e. The Labute approximate surface area is 132 Å². The van der Waals surface area contributed by atoms with Crippen LogP contribution in [0.1, 0.15) is 43.7 Å². The van der Waals surface area contributed by atoms with Crippen LogP contribution in [-0.4, -0.2) is 58.5 Å². The molecule has 1 aliphatic carbocycles. The maximum atomic E-state index is 11.5. The van der Waals surface area contributed by atoms with Crippen LogP contribution in [0, 0.1) is 0 Å². The molecule has 0 aromatic carbocycles. The van der Waals surface area contributed by atoms with Gasteiger partial charge < -0.3 is 14.2 Å². The normalized spacial score (nSPS) is 22.2. The summed E-state index contributed by atoms with van der Waals surface area (Å²) in [7, 11) is 3.48. The number of rotatable bonds is 5. The summed E-state index contributed by atoms with van der Waals surface area (Å²) in [5.41, 5.74) is 1.07. The van der Waals surface area contributed by atoms with E-state index in [-0.39, 0.29) is 12.5 Å². The van der Waals surface area contributed by atoms with Gasteiger partial charge in [0, 0.05) is 33.2 Å². The average molecular weight is 306 g/mol. The SMILES string of the molecule is CC1c2ncc(COCC(=O)N(C)C)n2CCN1C1CCC1. The predicted molar refractivity (Wildman–Crippen MR) is 83.3 cm³/mol. The lowest BCUT2D eigenvalue weighted by molar-refractivity contribution is -0.134. The minimum absolute atomic E-state index is 0.0112. The number of hydrogen-bond donors (Lipinski definition) is 0. The van der Waals surface area contributed by atoms with Crippen molar-refractivity contribution in [1.29, 1.82) is 0 Å². The predicted octanol–water partition coefficient (Wildman–Crippen LogP) is 1.42. The number of carbonyl (C=O) groups is 1. The van der Waals surface area contributed by atoms with Gasteiger partial charge in [0.25, 0.3) is 0 Å². The molecule has 1 aromatic rings. The maximum Gasteiger partial charge on any atom is 0.248 e. The van der Waals surface area contributed by atoms with Gasteiger partial charge in [-0.25, -0.2) is 4.98 Å². The molecule has 1 fully saturated rings. The summed E-state index contributed by atoms with van der Waals surface area (Å²) in [6, 6.07) is 1.12. The molecule has 1 aromatic heterocycles. The number of likely N-dealkylation sites (N-methyl/N-ethyl adjacent to an activating group) is 1. The Hall–Kier alpha value is -1.40. The lowest BCUT2D eigenvalue weighted by Crippen LogP contribution is -2.47. The van der Waals surface area contributed by atoms with Gasteiger partial charge in [0.15, 0.2) is 0 Å². The molecule has 0 saturated heterocycles. The summed E-state index contributed by atoms with van der Waals surface area (Å²) in [5.74, 6) is 1.12. The summed E-state index contributed by atoms with van der Waals surface area (Å²) >= 11 is 0. The van der Waals surface area contributed by atoms with Crippen molar-refractivity contribution >= 4 is 5.91 Å². The lowest BCUT2D eigenvalue weighted by Gasteiger charge is -2.43. The van der Waals surface area contributed by atoms with Gasteiger partial charge in [-0.05, 0) is 19.8 Å². The smallest absolute Gasteiger partial charge is 0.248 e. The average Bonchev–Trinajstić information content (AvgIpc) is 2.83. The zero-order valence-electron chi connectivity index (χ0n) is 13.8. The summed E-state index contributed by atoms with van der Waals surface area (Å²) in [5, 5.41) is 0. The molecule has 6 nitrogen and oxygen atoms in total. The summed E-state index contributed by atoms with van der Waals surface area (Å²) in [6.45, 7) is 4.87. The Morgan fingerprint density at radius 1 is 1.41 bits per heavy atom. The van der Waals surface area contributed by atoms with Gasteiger partial charge in [-0.3, -0.25) is 9.69 Å². The maximum absolute atomic E-state index is 11.5. The van der Waals surface area contributed by atoms with E-state index in [1.54, 1.807) is 19.0 Å². The van der Waals surface area contributed by atoms with Gasteiger partial charge in [0.1, 0.15) is 12.4 Å². The van der Waals surface area contributed by atoms with Crippen LogP contribution in [0.25, 0.3) is 0 Å². The molecule has 1 amide bonds. The summed E-state index contributed by atoms with van der Waals surface area (Å²) in [6.07, 6.45) is 5.92. The number of carbonyl (C=O) groups excluding carboxylic acids is 1. The van der Waals surface area contributed by atoms with Crippen LogP contribution in [0.5, 0.6) is 0 Å². The minimum atomic E-state index is -0.0112. The molecule has 6 heteroatoms. The molecule has 0 radical (unpaired) electrons. The standard InChI is InChI=1S/C16H26N4O2/c1-12-16-17-9-14(10-22-11-15(21)18(2)3)20(16)8-7-19(12)13-5-4-6-13/h9,12-13H,4-8,10-11H2,1-3H3. The van der Waals surface area contributed by atoms with Crippen LogP contribution >= 0.6 is 0 Å². The van der Waals surface area contributed by atoms with E-state index in [2.05, 4.69) is 21.4 Å². The molecular weight excluding hydrogens is 280 g/mol. The zero-order chi connectivity index (χ0) is 15.7. The molecule has 0 spiro atoms. The fourth-order valence-electron chi connectivity index (χ4n) is 3.28. The highest BCUT2D eigenvalue weighted by molar-refractivity contribution is 5.76. The molecular formula is C16H26N4O2. The highest BCUT2D eigenvalue weighted by atomic mass is 16.5. The Morgan fingerprint density at radius 3 is 2.82 bits per heavy atom. The van der Waals surface area contributed by atoms with Crippen molar-refractivity contribution in [2.45, 2.75) is 51.4 Å². The van der Waals surface area contributed by atoms with Gasteiger partial charge in [0.2, 0.25) is 5.91 Å². The number of fused-ring (bicyclic) bond motifs is 1. The van der Waals surface area contributed by atoms with Crippen molar-refractivity contribution in [3.05, 3.63) is 17.7 Å². The zero-order valence-corrected chi connectivity index (χ0v) is 13.8. The first-order valence-corrected chi connectivity index (χ1v) is 8.16. The van der Waals surface area contributed by atoms with Gasteiger partial charge in [-0.1, -0.05) is 6.42 Å². The molecule has 3 rings (SSSR count). The fraction of sp³-hybridized carbons (Fsp3) is 0.750. The van der Waals surface area contributed by atoms with E-state index in [0.717, 1.165) is 30.6 Å². The Balaban J connectivity index is 1.61. The largest absolute Gasteiger partial charge is 0.365 e. The number of amides is 1. The fourth-order valence-corrected chi connectivity index (χ4v) is 3.28. The molecule has 2 aliphatic rings. The van der Waals surface area contributed by atoms with Gasteiger partial charge in [0.05, 0.1) is 24.5 Å². The molecule has 22 heavy (non-hydrogen) atoms. The Morgan fingerprint density at radius 2 is 2.18 bits per heavy atom. The van der Waals surface area contributed by atoms with Crippen LogP contribution in [0.15, 0.2) is 6.20 Å². The highest BCUT2D eigenvalue weighted by Gasteiger charge is 2.34. The van der Waals surface area contributed by atoms with E-state index in [1.165, 1.54) is 19.3 Å². The number of nitrogens with zero attached hydrogens (tertiary/aromatic N) is 4. The van der Waals surface area contributed by atoms with Gasteiger partial charge >= 0.3 is 0 Å². The second-order valence-electron chi connectivity index (χ2n) is 6.54. The van der Waals surface area contributed by atoms with Gasteiger partial charge in [-0.15, -0.1) is 0 Å². The molecule has 1 atom stereocenters. The second kappa shape index (κ2) is 6.38. The molecule has 2 heterocycles. The van der Waals surface area contributed by atoms with Crippen LogP contribution in [-0.2, 0) is 22.7 Å². The first kappa shape index (κ1) is 15.5. The van der Waals surface area contributed by atoms with Crippen LogP contribution in [0.3, 0.4) is 0 Å².